The maximum atomic E-state index is 14.2. The molecule has 1 aromatic carbocycles. The Morgan fingerprint density at radius 3 is 2.88 bits per heavy atom. The van der Waals surface area contributed by atoms with Crippen molar-refractivity contribution in [1.82, 2.24) is 15.5 Å². The van der Waals surface area contributed by atoms with Crippen molar-refractivity contribution < 1.29 is 18.7 Å². The van der Waals surface area contributed by atoms with E-state index in [-0.39, 0.29) is 12.0 Å². The minimum Gasteiger partial charge on any atom is -0.376 e. The molecule has 0 bridgehead atoms. The largest absolute Gasteiger partial charge is 0.376 e. The van der Waals surface area contributed by atoms with E-state index in [0.717, 1.165) is 19.4 Å². The van der Waals surface area contributed by atoms with Crippen LogP contribution in [-0.2, 0) is 9.53 Å². The molecule has 2 N–H and O–H groups in total. The average molecular weight is 331 g/mol. The van der Waals surface area contributed by atoms with Crippen LogP contribution in [0.5, 0.6) is 0 Å². The fraction of sp³-hybridized carbons (Fsp3) is 0.412. The van der Waals surface area contributed by atoms with E-state index in [0.29, 0.717) is 29.9 Å². The highest BCUT2D eigenvalue weighted by molar-refractivity contribution is 6.01. The van der Waals surface area contributed by atoms with E-state index in [2.05, 4.69) is 10.6 Å². The van der Waals surface area contributed by atoms with Gasteiger partial charge in [0.2, 0.25) is 0 Å². The number of hydrogen-bond acceptors (Lipinski definition) is 3. The monoisotopic (exact) mass is 331 g/mol. The molecule has 2 atom stereocenters. The van der Waals surface area contributed by atoms with Gasteiger partial charge < -0.3 is 20.3 Å². The number of amides is 3. The van der Waals surface area contributed by atoms with Gasteiger partial charge in [-0.2, -0.15) is 0 Å². The number of nitrogens with zero attached hydrogens (tertiary/aromatic N) is 1. The van der Waals surface area contributed by atoms with Gasteiger partial charge >= 0.3 is 6.03 Å². The first-order valence-electron chi connectivity index (χ1n) is 8.09. The van der Waals surface area contributed by atoms with Gasteiger partial charge in [0.1, 0.15) is 5.82 Å². The van der Waals surface area contributed by atoms with Crippen molar-refractivity contribution in [3.63, 3.8) is 0 Å². The molecule has 3 heterocycles. The number of carbonyl (C=O) groups excluding carboxylic acids is 2. The van der Waals surface area contributed by atoms with Crippen LogP contribution in [0.4, 0.5) is 9.18 Å². The van der Waals surface area contributed by atoms with Gasteiger partial charge in [0.25, 0.3) is 5.91 Å². The number of urea groups is 1. The van der Waals surface area contributed by atoms with E-state index in [1.54, 1.807) is 23.1 Å². The second-order valence-electron chi connectivity index (χ2n) is 6.27. The van der Waals surface area contributed by atoms with Gasteiger partial charge in [-0.1, -0.05) is 18.2 Å². The van der Waals surface area contributed by atoms with Gasteiger partial charge in [-0.05, 0) is 18.9 Å². The van der Waals surface area contributed by atoms with E-state index in [1.807, 2.05) is 0 Å². The minimum absolute atomic E-state index is 0.0332. The summed E-state index contributed by atoms with van der Waals surface area (Å²) in [6.45, 7) is 1.54. The van der Waals surface area contributed by atoms with E-state index in [1.165, 1.54) is 6.07 Å². The number of rotatable bonds is 3. The van der Waals surface area contributed by atoms with Gasteiger partial charge in [0.05, 0.1) is 30.0 Å². The van der Waals surface area contributed by atoms with Gasteiger partial charge in [0.15, 0.2) is 0 Å². The van der Waals surface area contributed by atoms with E-state index < -0.39 is 17.9 Å². The van der Waals surface area contributed by atoms with Crippen molar-refractivity contribution in [2.24, 2.45) is 0 Å². The normalized spacial score (nSPS) is 26.5. The van der Waals surface area contributed by atoms with Crippen molar-refractivity contribution >= 4 is 11.9 Å². The summed E-state index contributed by atoms with van der Waals surface area (Å²) in [5, 5.41) is 5.35. The summed E-state index contributed by atoms with van der Waals surface area (Å²) in [6.07, 6.45) is 1.96. The van der Waals surface area contributed by atoms with E-state index in [4.69, 9.17) is 4.74 Å². The lowest BCUT2D eigenvalue weighted by atomic mass is 9.96. The summed E-state index contributed by atoms with van der Waals surface area (Å²) in [5.74, 6) is -0.622. The van der Waals surface area contributed by atoms with Crippen LogP contribution in [0.3, 0.4) is 0 Å². The van der Waals surface area contributed by atoms with Gasteiger partial charge in [0, 0.05) is 18.7 Å². The summed E-state index contributed by atoms with van der Waals surface area (Å²) in [6, 6.07) is 5.00. The summed E-state index contributed by atoms with van der Waals surface area (Å²) in [7, 11) is 0. The third-order valence-electron chi connectivity index (χ3n) is 4.68. The molecule has 0 aromatic heterocycles. The Morgan fingerprint density at radius 2 is 2.12 bits per heavy atom. The fourth-order valence-corrected chi connectivity index (χ4v) is 3.55. The summed E-state index contributed by atoms with van der Waals surface area (Å²) in [4.78, 5) is 26.4. The van der Waals surface area contributed by atoms with Crippen molar-refractivity contribution in [3.05, 3.63) is 46.9 Å². The van der Waals surface area contributed by atoms with Crippen LogP contribution in [0.15, 0.2) is 35.5 Å². The Balaban J connectivity index is 1.62. The third-order valence-corrected chi connectivity index (χ3v) is 4.68. The highest BCUT2D eigenvalue weighted by Crippen LogP contribution is 2.34. The predicted octanol–water partition coefficient (Wildman–Crippen LogP) is 1.45. The molecule has 1 saturated heterocycles. The molecule has 3 aliphatic heterocycles. The highest BCUT2D eigenvalue weighted by Gasteiger charge is 2.41. The lowest BCUT2D eigenvalue weighted by Crippen LogP contribution is -2.44. The Hall–Kier alpha value is -2.41. The Bertz CT molecular complexity index is 728. The number of ether oxygens (including phenoxy) is 1. The average Bonchev–Trinajstić information content (AvgIpc) is 3.16. The van der Waals surface area contributed by atoms with Crippen molar-refractivity contribution in [1.29, 1.82) is 0 Å². The van der Waals surface area contributed by atoms with Crippen LogP contribution >= 0.6 is 0 Å². The molecule has 3 aliphatic rings. The summed E-state index contributed by atoms with van der Waals surface area (Å²) < 4.78 is 19.8. The molecule has 126 valence electrons. The molecular formula is C17H18FN3O3. The number of carbonyl (C=O) groups is 2. The Kier molecular flexibility index (Phi) is 3.72. The Labute approximate surface area is 138 Å². The lowest BCUT2D eigenvalue weighted by Gasteiger charge is -2.26. The first-order chi connectivity index (χ1) is 11.6. The number of halogens is 1. The molecule has 0 aliphatic carbocycles. The molecular weight excluding hydrogens is 313 g/mol. The first kappa shape index (κ1) is 15.1. The second kappa shape index (κ2) is 5.90. The molecule has 4 rings (SSSR count). The second-order valence-corrected chi connectivity index (χ2v) is 6.27. The number of hydrogen-bond donors (Lipinski definition) is 2. The molecule has 7 heteroatoms. The first-order valence-corrected chi connectivity index (χ1v) is 8.09. The van der Waals surface area contributed by atoms with Crippen molar-refractivity contribution in [2.75, 3.05) is 19.7 Å². The molecule has 0 saturated carbocycles. The molecule has 0 spiro atoms. The van der Waals surface area contributed by atoms with Crippen LogP contribution in [0.2, 0.25) is 0 Å². The molecule has 0 radical (unpaired) electrons. The van der Waals surface area contributed by atoms with E-state index in [9.17, 15) is 14.0 Å². The molecule has 6 nitrogen and oxygen atoms in total. The van der Waals surface area contributed by atoms with Crippen molar-refractivity contribution in [2.45, 2.75) is 25.0 Å². The zero-order valence-corrected chi connectivity index (χ0v) is 13.0. The zero-order valence-electron chi connectivity index (χ0n) is 13.0. The maximum Gasteiger partial charge on any atom is 0.319 e. The van der Waals surface area contributed by atoms with Gasteiger partial charge in [-0.3, -0.25) is 4.79 Å². The topological polar surface area (TPSA) is 70.7 Å². The minimum atomic E-state index is -0.767. The van der Waals surface area contributed by atoms with Gasteiger partial charge in [-0.25, -0.2) is 9.18 Å². The maximum absolute atomic E-state index is 14.2. The predicted molar refractivity (Wildman–Crippen MR) is 83.4 cm³/mol. The van der Waals surface area contributed by atoms with Crippen LogP contribution in [0.1, 0.15) is 24.4 Å². The van der Waals surface area contributed by atoms with Crippen molar-refractivity contribution in [3.8, 4) is 0 Å². The fourth-order valence-electron chi connectivity index (χ4n) is 3.55. The Morgan fingerprint density at radius 1 is 1.29 bits per heavy atom. The lowest BCUT2D eigenvalue weighted by molar-refractivity contribution is -0.127. The molecule has 2 unspecified atom stereocenters. The molecule has 3 amide bonds. The van der Waals surface area contributed by atoms with E-state index >= 15 is 0 Å². The van der Waals surface area contributed by atoms with Crippen LogP contribution in [0, 0.1) is 5.82 Å². The number of benzene rings is 1. The zero-order chi connectivity index (χ0) is 16.7. The molecule has 24 heavy (non-hydrogen) atoms. The SMILES string of the molecule is O=C1NC2=C(C(=O)N(CC3CCCO3)C2)C(c2ccccc2F)N1. The van der Waals surface area contributed by atoms with Crippen LogP contribution in [-0.4, -0.2) is 42.6 Å². The van der Waals surface area contributed by atoms with Gasteiger partial charge in [-0.15, -0.1) is 0 Å². The smallest absolute Gasteiger partial charge is 0.319 e. The van der Waals surface area contributed by atoms with Crippen LogP contribution < -0.4 is 10.6 Å². The number of nitrogens with one attached hydrogen (secondary N) is 2. The summed E-state index contributed by atoms with van der Waals surface area (Å²) in [5.41, 5.74) is 1.26. The standard InChI is InChI=1S/C17H18FN3O3/c18-12-6-2-1-5-11(12)15-14-13(19-17(23)20-15)9-21(16(14)22)8-10-4-3-7-24-10/h1-2,5-6,10,15H,3-4,7-9H2,(H2,19,20,23). The summed E-state index contributed by atoms with van der Waals surface area (Å²) >= 11 is 0. The van der Waals surface area contributed by atoms with Crippen LogP contribution in [0.25, 0.3) is 0 Å². The quantitative estimate of drug-likeness (QED) is 0.881. The highest BCUT2D eigenvalue weighted by atomic mass is 19.1. The molecule has 1 aromatic rings. The molecule has 1 fully saturated rings. The third kappa shape index (κ3) is 2.54.